The van der Waals surface area contributed by atoms with E-state index in [9.17, 15) is 26.3 Å². The lowest BCUT2D eigenvalue weighted by Gasteiger charge is -2.11. The maximum atomic E-state index is 12.8. The number of nitrogens with zero attached hydrogens (tertiary/aromatic N) is 2. The first-order valence-corrected chi connectivity index (χ1v) is 8.55. The van der Waals surface area contributed by atoms with Crippen molar-refractivity contribution in [2.45, 2.75) is 12.4 Å². The van der Waals surface area contributed by atoms with E-state index in [0.29, 0.717) is 0 Å². The number of halogens is 7. The van der Waals surface area contributed by atoms with Gasteiger partial charge in [-0.15, -0.1) is 0 Å². The Bertz CT molecular complexity index is 946. The molecular weight excluding hydrogens is 470 g/mol. The van der Waals surface area contributed by atoms with Crippen LogP contribution in [0.25, 0.3) is 0 Å². The standard InChI is InChI=1S/C18H9BrF6N2O2/c19-16-26-14(28-12-5-1-3-10(7-12)17(20,21)22)9-15(27-16)29-13-6-2-4-11(8-13)18(23,24)25/h1-9H. The molecule has 0 radical (unpaired) electrons. The van der Waals surface area contributed by atoms with E-state index in [-0.39, 0.29) is 28.0 Å². The van der Waals surface area contributed by atoms with Crippen molar-refractivity contribution in [1.82, 2.24) is 9.97 Å². The van der Waals surface area contributed by atoms with Gasteiger partial charge < -0.3 is 9.47 Å². The van der Waals surface area contributed by atoms with E-state index in [1.54, 1.807) is 0 Å². The Morgan fingerprint density at radius 3 is 1.45 bits per heavy atom. The quantitative estimate of drug-likeness (QED) is 0.303. The molecule has 3 rings (SSSR count). The van der Waals surface area contributed by atoms with Crippen molar-refractivity contribution in [3.05, 3.63) is 70.5 Å². The lowest BCUT2D eigenvalue weighted by atomic mass is 10.2. The molecule has 0 aliphatic heterocycles. The van der Waals surface area contributed by atoms with Crippen molar-refractivity contribution in [2.24, 2.45) is 0 Å². The fourth-order valence-corrected chi connectivity index (χ4v) is 2.54. The molecule has 4 nitrogen and oxygen atoms in total. The minimum absolute atomic E-state index is 0.0380. The zero-order chi connectivity index (χ0) is 21.2. The second-order valence-electron chi connectivity index (χ2n) is 5.57. The van der Waals surface area contributed by atoms with Crippen molar-refractivity contribution in [1.29, 1.82) is 0 Å². The first-order chi connectivity index (χ1) is 13.5. The molecule has 0 N–H and O–H groups in total. The van der Waals surface area contributed by atoms with Crippen LogP contribution in [-0.4, -0.2) is 9.97 Å². The predicted molar refractivity (Wildman–Crippen MR) is 92.8 cm³/mol. The van der Waals surface area contributed by atoms with E-state index in [2.05, 4.69) is 25.9 Å². The maximum Gasteiger partial charge on any atom is 0.416 e. The van der Waals surface area contributed by atoms with Crippen LogP contribution in [0, 0.1) is 0 Å². The van der Waals surface area contributed by atoms with Gasteiger partial charge in [-0.1, -0.05) is 12.1 Å². The Kier molecular flexibility index (Phi) is 5.69. The topological polar surface area (TPSA) is 44.2 Å². The van der Waals surface area contributed by atoms with E-state index < -0.39 is 23.5 Å². The second kappa shape index (κ2) is 7.90. The van der Waals surface area contributed by atoms with Gasteiger partial charge in [0.15, 0.2) is 0 Å². The van der Waals surface area contributed by atoms with Gasteiger partial charge in [0.1, 0.15) is 11.5 Å². The molecule has 0 aliphatic rings. The number of aromatic nitrogens is 2. The molecule has 1 aromatic heterocycles. The van der Waals surface area contributed by atoms with E-state index in [1.807, 2.05) is 0 Å². The summed E-state index contributed by atoms with van der Waals surface area (Å²) < 4.78 is 87.4. The summed E-state index contributed by atoms with van der Waals surface area (Å²) in [7, 11) is 0. The third-order valence-electron chi connectivity index (χ3n) is 3.42. The van der Waals surface area contributed by atoms with E-state index in [4.69, 9.17) is 9.47 Å². The van der Waals surface area contributed by atoms with Crippen molar-refractivity contribution >= 4 is 15.9 Å². The Hall–Kier alpha value is -2.82. The summed E-state index contributed by atoms with van der Waals surface area (Å²) in [5, 5.41) is 0. The van der Waals surface area contributed by atoms with Crippen LogP contribution in [0.3, 0.4) is 0 Å². The first kappa shape index (κ1) is 20.9. The molecule has 2 aromatic carbocycles. The fraction of sp³-hybridized carbons (Fsp3) is 0.111. The van der Waals surface area contributed by atoms with Gasteiger partial charge in [0, 0.05) is 0 Å². The van der Waals surface area contributed by atoms with Crippen LogP contribution in [0.1, 0.15) is 11.1 Å². The monoisotopic (exact) mass is 478 g/mol. The fourth-order valence-electron chi connectivity index (χ4n) is 2.19. The molecule has 3 aromatic rings. The van der Waals surface area contributed by atoms with E-state index >= 15 is 0 Å². The minimum atomic E-state index is -4.55. The SMILES string of the molecule is FC(F)(F)c1cccc(Oc2cc(Oc3cccc(C(F)(F)F)c3)nc(Br)n2)c1. The summed E-state index contributed by atoms with van der Waals surface area (Å²) in [6.07, 6.45) is -9.10. The number of hydrogen-bond donors (Lipinski definition) is 0. The molecule has 0 bridgehead atoms. The van der Waals surface area contributed by atoms with E-state index in [0.717, 1.165) is 42.5 Å². The highest BCUT2D eigenvalue weighted by molar-refractivity contribution is 9.10. The van der Waals surface area contributed by atoms with Crippen molar-refractivity contribution < 1.29 is 35.8 Å². The highest BCUT2D eigenvalue weighted by Crippen LogP contribution is 2.35. The van der Waals surface area contributed by atoms with Gasteiger partial charge in [0.05, 0.1) is 17.2 Å². The molecular formula is C18H9BrF6N2O2. The number of ether oxygens (including phenoxy) is 2. The molecule has 11 heteroatoms. The summed E-state index contributed by atoms with van der Waals surface area (Å²) in [4.78, 5) is 7.72. The summed E-state index contributed by atoms with van der Waals surface area (Å²) >= 11 is 2.99. The number of hydrogen-bond acceptors (Lipinski definition) is 4. The zero-order valence-corrected chi connectivity index (χ0v) is 15.6. The number of benzene rings is 2. The third kappa shape index (κ3) is 5.59. The molecule has 0 saturated carbocycles. The largest absolute Gasteiger partial charge is 0.439 e. The second-order valence-corrected chi connectivity index (χ2v) is 6.28. The van der Waals surface area contributed by atoms with Crippen LogP contribution in [-0.2, 0) is 12.4 Å². The maximum absolute atomic E-state index is 12.8. The molecule has 0 aliphatic carbocycles. The molecule has 0 fully saturated rings. The Morgan fingerprint density at radius 2 is 1.07 bits per heavy atom. The van der Waals surface area contributed by atoms with E-state index in [1.165, 1.54) is 12.1 Å². The molecule has 152 valence electrons. The Morgan fingerprint density at radius 1 is 0.655 bits per heavy atom. The average molecular weight is 479 g/mol. The van der Waals surface area contributed by atoms with Crippen molar-refractivity contribution in [2.75, 3.05) is 0 Å². The summed E-state index contributed by atoms with van der Waals surface area (Å²) in [6.45, 7) is 0. The number of rotatable bonds is 4. The molecule has 1 heterocycles. The van der Waals surface area contributed by atoms with Gasteiger partial charge in [-0.3, -0.25) is 0 Å². The Labute approximate surface area is 168 Å². The molecule has 0 spiro atoms. The van der Waals surface area contributed by atoms with Gasteiger partial charge in [-0.25, -0.2) is 0 Å². The summed E-state index contributed by atoms with van der Waals surface area (Å²) in [5.74, 6) is -0.632. The summed E-state index contributed by atoms with van der Waals surface area (Å²) in [5.41, 5.74) is -1.83. The predicted octanol–water partition coefficient (Wildman–Crippen LogP) is 6.86. The summed E-state index contributed by atoms with van der Waals surface area (Å²) in [6, 6.07) is 9.36. The Balaban J connectivity index is 1.84. The van der Waals surface area contributed by atoms with Crippen LogP contribution < -0.4 is 9.47 Å². The normalized spacial score (nSPS) is 12.0. The average Bonchev–Trinajstić information content (AvgIpc) is 2.60. The lowest BCUT2D eigenvalue weighted by molar-refractivity contribution is -0.138. The third-order valence-corrected chi connectivity index (χ3v) is 3.77. The molecule has 29 heavy (non-hydrogen) atoms. The van der Waals surface area contributed by atoms with Crippen LogP contribution in [0.4, 0.5) is 26.3 Å². The lowest BCUT2D eigenvalue weighted by Crippen LogP contribution is -2.05. The molecule has 0 amide bonds. The minimum Gasteiger partial charge on any atom is -0.439 e. The number of alkyl halides is 6. The first-order valence-electron chi connectivity index (χ1n) is 7.75. The van der Waals surface area contributed by atoms with Gasteiger partial charge in [0.25, 0.3) is 0 Å². The van der Waals surface area contributed by atoms with Crippen molar-refractivity contribution in [3.8, 4) is 23.3 Å². The molecule has 0 unspecified atom stereocenters. The van der Waals surface area contributed by atoms with Crippen LogP contribution in [0.5, 0.6) is 23.3 Å². The van der Waals surface area contributed by atoms with Gasteiger partial charge in [0.2, 0.25) is 16.5 Å². The highest BCUT2D eigenvalue weighted by Gasteiger charge is 2.31. The molecule has 0 atom stereocenters. The highest BCUT2D eigenvalue weighted by atomic mass is 79.9. The zero-order valence-electron chi connectivity index (χ0n) is 14.1. The van der Waals surface area contributed by atoms with Gasteiger partial charge in [-0.2, -0.15) is 36.3 Å². The van der Waals surface area contributed by atoms with Crippen LogP contribution in [0.15, 0.2) is 59.3 Å². The molecule has 0 saturated heterocycles. The van der Waals surface area contributed by atoms with Crippen LogP contribution >= 0.6 is 15.9 Å². The van der Waals surface area contributed by atoms with Crippen molar-refractivity contribution in [3.63, 3.8) is 0 Å². The van der Waals surface area contributed by atoms with Crippen LogP contribution in [0.2, 0.25) is 0 Å². The van der Waals surface area contributed by atoms with Gasteiger partial charge >= 0.3 is 12.4 Å². The smallest absolute Gasteiger partial charge is 0.416 e. The van der Waals surface area contributed by atoms with Gasteiger partial charge in [-0.05, 0) is 52.3 Å².